The fraction of sp³-hybridized carbons (Fsp3) is 0.750. The average Bonchev–Trinajstić information content (AvgIpc) is 1.65. The van der Waals surface area contributed by atoms with Gasteiger partial charge in [0, 0.05) is 6.54 Å². The molecule has 1 aliphatic rings. The summed E-state index contributed by atoms with van der Waals surface area (Å²) >= 11 is 0. The second-order valence-corrected chi connectivity index (χ2v) is 1.64. The Balaban J connectivity index is 2.28. The van der Waals surface area contributed by atoms with E-state index in [4.69, 9.17) is 5.73 Å². The summed E-state index contributed by atoms with van der Waals surface area (Å²) in [7, 11) is 0. The van der Waals surface area contributed by atoms with Gasteiger partial charge in [0.2, 0.25) is 0 Å². The van der Waals surface area contributed by atoms with Crippen LogP contribution >= 0.6 is 0 Å². The van der Waals surface area contributed by atoms with Gasteiger partial charge in [-0.2, -0.15) is 0 Å². The maximum atomic E-state index is 9.72. The third-order valence-electron chi connectivity index (χ3n) is 1.18. The minimum atomic E-state index is -0.0440. The highest BCUT2D eigenvalue weighted by atomic mass is 16.1. The van der Waals surface area contributed by atoms with E-state index in [9.17, 15) is 4.79 Å². The van der Waals surface area contributed by atoms with Crippen molar-refractivity contribution >= 4 is 6.41 Å². The zero-order valence-corrected chi connectivity index (χ0v) is 3.92. The first-order valence-corrected chi connectivity index (χ1v) is 2.24. The lowest BCUT2D eigenvalue weighted by molar-refractivity contribution is 0.183. The molecule has 2 N–H and O–H groups in total. The molecule has 7 heavy (non-hydrogen) atoms. The average molecular weight is 99.1 g/mol. The normalized spacial score (nSPS) is 29.3. The number of carbonyl (C=O) groups excluding carboxylic acids is 1. The Morgan fingerprint density at radius 1 is 1.86 bits per heavy atom. The molecule has 1 heterocycles. The van der Waals surface area contributed by atoms with E-state index in [0.717, 1.165) is 13.0 Å². The van der Waals surface area contributed by atoms with Gasteiger partial charge in [0.25, 0.3) is 0 Å². The fourth-order valence-electron chi connectivity index (χ4n) is 0.521. The van der Waals surface area contributed by atoms with E-state index in [0.29, 0.717) is 0 Å². The SMILES string of the molecule is NC1CCN1[C]=O. The Morgan fingerprint density at radius 2 is 2.57 bits per heavy atom. The summed E-state index contributed by atoms with van der Waals surface area (Å²) in [6.07, 6.45) is 2.59. The van der Waals surface area contributed by atoms with E-state index in [-0.39, 0.29) is 6.17 Å². The number of nitrogens with zero attached hydrogens (tertiary/aromatic N) is 1. The van der Waals surface area contributed by atoms with Crippen LogP contribution in [0.1, 0.15) is 6.42 Å². The van der Waals surface area contributed by atoms with Crippen LogP contribution in [0.3, 0.4) is 0 Å². The van der Waals surface area contributed by atoms with Crippen molar-refractivity contribution in [3.63, 3.8) is 0 Å². The smallest absolute Gasteiger partial charge is 0.313 e. The molecule has 0 aliphatic carbocycles. The van der Waals surface area contributed by atoms with Gasteiger partial charge < -0.3 is 10.6 Å². The molecule has 1 radical (unpaired) electrons. The zero-order chi connectivity index (χ0) is 5.28. The summed E-state index contributed by atoms with van der Waals surface area (Å²) in [5.74, 6) is 0. The molecule has 1 saturated heterocycles. The van der Waals surface area contributed by atoms with Crippen LogP contribution in [-0.2, 0) is 4.79 Å². The van der Waals surface area contributed by atoms with Crippen LogP contribution in [0, 0.1) is 0 Å². The molecule has 1 unspecified atom stereocenters. The summed E-state index contributed by atoms with van der Waals surface area (Å²) in [4.78, 5) is 11.2. The third kappa shape index (κ3) is 0.587. The van der Waals surface area contributed by atoms with Gasteiger partial charge in [-0.05, 0) is 6.42 Å². The molecule has 0 aromatic carbocycles. The van der Waals surface area contributed by atoms with Crippen LogP contribution in [0.4, 0.5) is 0 Å². The highest BCUT2D eigenvalue weighted by Gasteiger charge is 2.21. The summed E-state index contributed by atoms with van der Waals surface area (Å²) in [5, 5.41) is 0. The number of rotatable bonds is 1. The van der Waals surface area contributed by atoms with E-state index in [2.05, 4.69) is 0 Å². The molecule has 0 aromatic heterocycles. The summed E-state index contributed by atoms with van der Waals surface area (Å²) in [6, 6.07) is 0. The van der Waals surface area contributed by atoms with Crippen molar-refractivity contribution in [2.75, 3.05) is 6.54 Å². The maximum absolute atomic E-state index is 9.72. The number of hydrogen-bond acceptors (Lipinski definition) is 2. The molecule has 1 fully saturated rings. The minimum Gasteiger partial charge on any atom is -0.319 e. The highest BCUT2D eigenvalue weighted by molar-refractivity contribution is 5.50. The van der Waals surface area contributed by atoms with Crippen LogP contribution in [0.15, 0.2) is 0 Å². The van der Waals surface area contributed by atoms with Crippen molar-refractivity contribution in [2.45, 2.75) is 12.6 Å². The Kier molecular flexibility index (Phi) is 0.982. The molecule has 3 heteroatoms. The van der Waals surface area contributed by atoms with Crippen molar-refractivity contribution in [3.05, 3.63) is 0 Å². The Morgan fingerprint density at radius 3 is 2.57 bits per heavy atom. The minimum absolute atomic E-state index is 0.0440. The molecule has 1 rings (SSSR count). The molecule has 39 valence electrons. The van der Waals surface area contributed by atoms with Crippen LogP contribution in [0.5, 0.6) is 0 Å². The van der Waals surface area contributed by atoms with Crippen LogP contribution in [-0.4, -0.2) is 24.0 Å². The largest absolute Gasteiger partial charge is 0.319 e. The lowest BCUT2D eigenvalue weighted by Crippen LogP contribution is -2.52. The zero-order valence-electron chi connectivity index (χ0n) is 3.92. The van der Waals surface area contributed by atoms with Crippen molar-refractivity contribution in [3.8, 4) is 0 Å². The van der Waals surface area contributed by atoms with Gasteiger partial charge in [-0.3, -0.25) is 4.79 Å². The van der Waals surface area contributed by atoms with Gasteiger partial charge in [-0.15, -0.1) is 0 Å². The van der Waals surface area contributed by atoms with Gasteiger partial charge in [-0.25, -0.2) is 0 Å². The molecule has 1 aliphatic heterocycles. The fourth-order valence-corrected chi connectivity index (χ4v) is 0.521. The predicted molar refractivity (Wildman–Crippen MR) is 25.0 cm³/mol. The molecular formula is C4H7N2O. The maximum Gasteiger partial charge on any atom is 0.313 e. The van der Waals surface area contributed by atoms with Crippen molar-refractivity contribution in [2.24, 2.45) is 5.73 Å². The lowest BCUT2D eigenvalue weighted by atomic mass is 10.2. The predicted octanol–water partition coefficient (Wildman–Crippen LogP) is -0.956. The van der Waals surface area contributed by atoms with E-state index in [1.165, 1.54) is 4.90 Å². The number of amides is 1. The first kappa shape index (κ1) is 4.59. The van der Waals surface area contributed by atoms with Crippen LogP contribution in [0.25, 0.3) is 0 Å². The monoisotopic (exact) mass is 99.1 g/mol. The number of hydrogen-bond donors (Lipinski definition) is 1. The van der Waals surface area contributed by atoms with Gasteiger partial charge in [0.15, 0.2) is 0 Å². The van der Waals surface area contributed by atoms with Crippen LogP contribution in [0.2, 0.25) is 0 Å². The van der Waals surface area contributed by atoms with Gasteiger partial charge in [0.05, 0.1) is 6.17 Å². The first-order valence-electron chi connectivity index (χ1n) is 2.24. The van der Waals surface area contributed by atoms with E-state index < -0.39 is 0 Å². The Hall–Kier alpha value is -0.570. The molecule has 1 atom stereocenters. The quantitative estimate of drug-likeness (QED) is 0.460. The van der Waals surface area contributed by atoms with Crippen molar-refractivity contribution in [1.29, 1.82) is 0 Å². The van der Waals surface area contributed by atoms with Gasteiger partial charge in [-0.1, -0.05) is 0 Å². The third-order valence-corrected chi connectivity index (χ3v) is 1.18. The first-order chi connectivity index (χ1) is 3.34. The molecule has 3 nitrogen and oxygen atoms in total. The number of nitrogens with two attached hydrogens (primary N) is 1. The second kappa shape index (κ2) is 1.50. The summed E-state index contributed by atoms with van der Waals surface area (Å²) < 4.78 is 0. The molecule has 1 amide bonds. The molecular weight excluding hydrogens is 92.1 g/mol. The molecule has 0 saturated carbocycles. The van der Waals surface area contributed by atoms with Gasteiger partial charge in [0.1, 0.15) is 0 Å². The Labute approximate surface area is 42.1 Å². The molecule has 0 bridgehead atoms. The number of likely N-dealkylation sites (tertiary alicyclic amines) is 1. The van der Waals surface area contributed by atoms with Crippen molar-refractivity contribution < 1.29 is 4.79 Å². The molecule has 0 spiro atoms. The highest BCUT2D eigenvalue weighted by Crippen LogP contribution is 2.06. The van der Waals surface area contributed by atoms with Crippen molar-refractivity contribution in [1.82, 2.24) is 4.90 Å². The molecule has 0 aromatic rings. The summed E-state index contributed by atoms with van der Waals surface area (Å²) in [5.41, 5.74) is 5.30. The van der Waals surface area contributed by atoms with Gasteiger partial charge >= 0.3 is 6.41 Å². The summed E-state index contributed by atoms with van der Waals surface area (Å²) in [6.45, 7) is 0.782. The second-order valence-electron chi connectivity index (χ2n) is 1.64. The van der Waals surface area contributed by atoms with Crippen LogP contribution < -0.4 is 5.73 Å². The Bertz CT molecular complexity index is 83.8. The lowest BCUT2D eigenvalue weighted by Gasteiger charge is -2.33. The topological polar surface area (TPSA) is 46.3 Å². The van der Waals surface area contributed by atoms with E-state index in [1.807, 2.05) is 0 Å². The van der Waals surface area contributed by atoms with E-state index >= 15 is 0 Å². The van der Waals surface area contributed by atoms with E-state index in [1.54, 1.807) is 6.41 Å². The standard InChI is InChI=1S/C4H7N2O/c5-4-1-2-6(4)3-7/h4H,1-2,5H2.